The van der Waals surface area contributed by atoms with Crippen molar-refractivity contribution in [2.75, 3.05) is 49.6 Å². The van der Waals surface area contributed by atoms with Crippen molar-refractivity contribution in [3.63, 3.8) is 0 Å². The molecule has 0 aromatic heterocycles. The lowest BCUT2D eigenvalue weighted by molar-refractivity contribution is -0.131. The Hall–Kier alpha value is -3.09. The van der Waals surface area contributed by atoms with Crippen LogP contribution in [-0.2, 0) is 9.59 Å². The van der Waals surface area contributed by atoms with Crippen LogP contribution in [0.1, 0.15) is 6.92 Å². The van der Waals surface area contributed by atoms with Crippen LogP contribution in [-0.4, -0.2) is 56.5 Å². The van der Waals surface area contributed by atoms with Crippen molar-refractivity contribution in [2.24, 2.45) is 0 Å². The molecule has 0 N–H and O–H groups in total. The summed E-state index contributed by atoms with van der Waals surface area (Å²) < 4.78 is 18.7. The molecular weight excluding hydrogens is 361 g/mol. The van der Waals surface area contributed by atoms with Gasteiger partial charge in [-0.15, -0.1) is 0 Å². The molecule has 0 spiro atoms. The van der Waals surface area contributed by atoms with Crippen LogP contribution in [0.15, 0.2) is 48.5 Å². The van der Waals surface area contributed by atoms with Crippen molar-refractivity contribution in [2.45, 2.75) is 6.92 Å². The quantitative estimate of drug-likeness (QED) is 0.794. The first-order valence-corrected chi connectivity index (χ1v) is 9.18. The standard InChI is InChI=1S/C21H24FN3O3/c1-16(26)25(19-5-3-4-17(22)14-19)15-21(27)24-12-10-23(11-13-24)18-6-8-20(28-2)9-7-18/h3-9,14H,10-13,15H2,1-2H3. The van der Waals surface area contributed by atoms with Crippen LogP contribution in [0.3, 0.4) is 0 Å². The number of anilines is 2. The Morgan fingerprint density at radius 3 is 2.32 bits per heavy atom. The second kappa shape index (κ2) is 8.73. The SMILES string of the molecule is COc1ccc(N2CCN(C(=O)CN(C(C)=O)c3cccc(F)c3)CC2)cc1. The first kappa shape index (κ1) is 19.7. The molecule has 0 unspecified atom stereocenters. The van der Waals surface area contributed by atoms with Crippen molar-refractivity contribution < 1.29 is 18.7 Å². The van der Waals surface area contributed by atoms with Crippen LogP contribution < -0.4 is 14.5 Å². The minimum absolute atomic E-state index is 0.0959. The zero-order chi connectivity index (χ0) is 20.1. The van der Waals surface area contributed by atoms with E-state index in [1.807, 2.05) is 24.3 Å². The van der Waals surface area contributed by atoms with E-state index in [0.29, 0.717) is 31.9 Å². The molecule has 1 aliphatic heterocycles. The number of methoxy groups -OCH3 is 1. The van der Waals surface area contributed by atoms with Gasteiger partial charge in [0.15, 0.2) is 0 Å². The molecule has 0 radical (unpaired) electrons. The van der Waals surface area contributed by atoms with Crippen LogP contribution in [0.25, 0.3) is 0 Å². The third kappa shape index (κ3) is 4.60. The molecule has 7 heteroatoms. The summed E-state index contributed by atoms with van der Waals surface area (Å²) in [6, 6.07) is 13.5. The topological polar surface area (TPSA) is 53.1 Å². The Morgan fingerprint density at radius 1 is 1.07 bits per heavy atom. The Morgan fingerprint density at radius 2 is 1.75 bits per heavy atom. The van der Waals surface area contributed by atoms with Crippen LogP contribution in [0, 0.1) is 5.82 Å². The van der Waals surface area contributed by atoms with Gasteiger partial charge in [0.25, 0.3) is 0 Å². The third-order valence-corrected chi connectivity index (χ3v) is 4.86. The van der Waals surface area contributed by atoms with Crippen LogP contribution in [0.4, 0.5) is 15.8 Å². The number of hydrogen-bond acceptors (Lipinski definition) is 4. The van der Waals surface area contributed by atoms with E-state index < -0.39 is 5.82 Å². The number of carbonyl (C=O) groups is 2. The monoisotopic (exact) mass is 385 g/mol. The van der Waals surface area contributed by atoms with Crippen LogP contribution >= 0.6 is 0 Å². The summed E-state index contributed by atoms with van der Waals surface area (Å²) in [5.41, 5.74) is 1.47. The molecule has 1 fully saturated rings. The molecular formula is C21H24FN3O3. The summed E-state index contributed by atoms with van der Waals surface area (Å²) >= 11 is 0. The third-order valence-electron chi connectivity index (χ3n) is 4.86. The molecule has 1 heterocycles. The molecule has 6 nitrogen and oxygen atoms in total. The highest BCUT2D eigenvalue weighted by atomic mass is 19.1. The molecule has 0 aliphatic carbocycles. The number of hydrogen-bond donors (Lipinski definition) is 0. The number of benzene rings is 2. The predicted octanol–water partition coefficient (Wildman–Crippen LogP) is 2.54. The Balaban J connectivity index is 1.60. The van der Waals surface area contributed by atoms with E-state index in [4.69, 9.17) is 4.74 Å². The zero-order valence-corrected chi connectivity index (χ0v) is 16.1. The number of amides is 2. The van der Waals surface area contributed by atoms with Gasteiger partial charge in [-0.05, 0) is 42.5 Å². The van der Waals surface area contributed by atoms with Gasteiger partial charge in [0.2, 0.25) is 11.8 Å². The van der Waals surface area contributed by atoms with Crippen molar-refractivity contribution in [3.8, 4) is 5.75 Å². The fourth-order valence-corrected chi connectivity index (χ4v) is 3.27. The Labute approximate surface area is 164 Å². The molecule has 28 heavy (non-hydrogen) atoms. The van der Waals surface area contributed by atoms with Gasteiger partial charge in [-0.1, -0.05) is 6.07 Å². The summed E-state index contributed by atoms with van der Waals surface area (Å²) in [5.74, 6) is -0.0757. The van der Waals surface area contributed by atoms with E-state index in [9.17, 15) is 14.0 Å². The van der Waals surface area contributed by atoms with Gasteiger partial charge in [-0.2, -0.15) is 0 Å². The maximum absolute atomic E-state index is 13.5. The second-order valence-corrected chi connectivity index (χ2v) is 6.65. The fourth-order valence-electron chi connectivity index (χ4n) is 3.27. The summed E-state index contributed by atoms with van der Waals surface area (Å²) in [7, 11) is 1.63. The van der Waals surface area contributed by atoms with E-state index in [0.717, 1.165) is 11.4 Å². The normalized spacial score (nSPS) is 14.0. The van der Waals surface area contributed by atoms with E-state index in [1.54, 1.807) is 18.1 Å². The summed E-state index contributed by atoms with van der Waals surface area (Å²) in [6.07, 6.45) is 0. The van der Waals surface area contributed by atoms with Crippen molar-refractivity contribution in [1.82, 2.24) is 4.90 Å². The average molecular weight is 385 g/mol. The molecule has 0 atom stereocenters. The van der Waals surface area contributed by atoms with Crippen molar-refractivity contribution >= 4 is 23.2 Å². The molecule has 1 saturated heterocycles. The number of piperazine rings is 1. The molecule has 2 amide bonds. The van der Waals surface area contributed by atoms with Gasteiger partial charge in [-0.25, -0.2) is 4.39 Å². The van der Waals surface area contributed by atoms with Crippen molar-refractivity contribution in [1.29, 1.82) is 0 Å². The lowest BCUT2D eigenvalue weighted by atomic mass is 10.2. The number of rotatable bonds is 5. The smallest absolute Gasteiger partial charge is 0.242 e. The van der Waals surface area contributed by atoms with Gasteiger partial charge in [-0.3, -0.25) is 9.59 Å². The molecule has 1 aliphatic rings. The van der Waals surface area contributed by atoms with Crippen LogP contribution in [0.5, 0.6) is 5.75 Å². The minimum Gasteiger partial charge on any atom is -0.497 e. The maximum atomic E-state index is 13.5. The highest BCUT2D eigenvalue weighted by Gasteiger charge is 2.24. The highest BCUT2D eigenvalue weighted by Crippen LogP contribution is 2.21. The molecule has 3 rings (SSSR count). The lowest BCUT2D eigenvalue weighted by Gasteiger charge is -2.37. The predicted molar refractivity (Wildman–Crippen MR) is 106 cm³/mol. The van der Waals surface area contributed by atoms with Gasteiger partial charge >= 0.3 is 0 Å². The molecule has 0 bridgehead atoms. The largest absolute Gasteiger partial charge is 0.497 e. The second-order valence-electron chi connectivity index (χ2n) is 6.65. The van der Waals surface area contributed by atoms with E-state index in [2.05, 4.69) is 4.90 Å². The maximum Gasteiger partial charge on any atom is 0.242 e. The summed E-state index contributed by atoms with van der Waals surface area (Å²) in [6.45, 7) is 3.83. The Kier molecular flexibility index (Phi) is 6.13. The zero-order valence-electron chi connectivity index (χ0n) is 16.1. The number of halogens is 1. The van der Waals surface area contributed by atoms with Crippen LogP contribution in [0.2, 0.25) is 0 Å². The average Bonchev–Trinajstić information content (AvgIpc) is 2.72. The van der Waals surface area contributed by atoms with E-state index >= 15 is 0 Å². The first-order chi connectivity index (χ1) is 13.5. The highest BCUT2D eigenvalue weighted by molar-refractivity contribution is 5.97. The van der Waals surface area contributed by atoms with Gasteiger partial charge in [0.05, 0.1) is 7.11 Å². The van der Waals surface area contributed by atoms with E-state index in [1.165, 1.54) is 30.0 Å². The molecule has 0 saturated carbocycles. The number of carbonyl (C=O) groups excluding carboxylic acids is 2. The molecule has 148 valence electrons. The minimum atomic E-state index is -0.440. The van der Waals surface area contributed by atoms with Gasteiger partial charge in [0, 0.05) is 44.5 Å². The summed E-state index contributed by atoms with van der Waals surface area (Å²) in [5, 5.41) is 0. The number of nitrogens with zero attached hydrogens (tertiary/aromatic N) is 3. The van der Waals surface area contributed by atoms with Crippen molar-refractivity contribution in [3.05, 3.63) is 54.3 Å². The lowest BCUT2D eigenvalue weighted by Crippen LogP contribution is -2.51. The van der Waals surface area contributed by atoms with E-state index in [-0.39, 0.29) is 18.4 Å². The van der Waals surface area contributed by atoms with Gasteiger partial charge < -0.3 is 19.4 Å². The fraction of sp³-hybridized carbons (Fsp3) is 0.333. The summed E-state index contributed by atoms with van der Waals surface area (Å²) in [4.78, 5) is 29.9. The Bertz CT molecular complexity index is 833. The number of ether oxygens (including phenoxy) is 1. The molecule has 2 aromatic carbocycles. The first-order valence-electron chi connectivity index (χ1n) is 9.18. The van der Waals surface area contributed by atoms with Gasteiger partial charge in [0.1, 0.15) is 18.1 Å². The molecule has 2 aromatic rings.